The number of carbonyl (C=O) groups excluding carboxylic acids is 2. The van der Waals surface area contributed by atoms with Gasteiger partial charge in [-0.2, -0.15) is 5.10 Å². The SMILES string of the molecule is Cn1cc(C2C(=O)NC(c3ccc(Cl)cc3)=NN2C=O)c2ccccc21. The van der Waals surface area contributed by atoms with Crippen molar-refractivity contribution in [2.45, 2.75) is 6.04 Å². The summed E-state index contributed by atoms with van der Waals surface area (Å²) in [4.78, 5) is 24.5. The maximum atomic E-state index is 12.8. The monoisotopic (exact) mass is 366 g/mol. The fraction of sp³-hybridized carbons (Fsp3) is 0.105. The molecule has 1 atom stereocenters. The first-order valence-electron chi connectivity index (χ1n) is 8.01. The number of amides is 2. The summed E-state index contributed by atoms with van der Waals surface area (Å²) in [6.07, 6.45) is 2.43. The number of nitrogens with one attached hydrogen (secondary N) is 1. The molecule has 0 spiro atoms. The normalized spacial score (nSPS) is 17.2. The standard InChI is InChI=1S/C19H15ClN4O2/c1-23-10-15(14-4-2-3-5-16(14)23)17-19(26)21-18(22-24(17)11-25)12-6-8-13(20)9-7-12/h2-11,17H,1H3,(H,21,22,26). The van der Waals surface area contributed by atoms with Crippen LogP contribution in [0.4, 0.5) is 0 Å². The average molecular weight is 367 g/mol. The highest BCUT2D eigenvalue weighted by Gasteiger charge is 2.34. The van der Waals surface area contributed by atoms with E-state index in [-0.39, 0.29) is 5.91 Å². The van der Waals surface area contributed by atoms with Gasteiger partial charge >= 0.3 is 0 Å². The van der Waals surface area contributed by atoms with Gasteiger partial charge in [-0.15, -0.1) is 0 Å². The van der Waals surface area contributed by atoms with Gasteiger partial charge in [-0.05, 0) is 30.3 Å². The number of halogens is 1. The predicted octanol–water partition coefficient (Wildman–Crippen LogP) is 2.82. The van der Waals surface area contributed by atoms with Crippen molar-refractivity contribution in [2.75, 3.05) is 0 Å². The number of benzene rings is 2. The average Bonchev–Trinajstić information content (AvgIpc) is 2.98. The van der Waals surface area contributed by atoms with Gasteiger partial charge in [0.1, 0.15) is 0 Å². The minimum absolute atomic E-state index is 0.312. The van der Waals surface area contributed by atoms with Crippen molar-refractivity contribution in [1.29, 1.82) is 0 Å². The third kappa shape index (κ3) is 2.64. The van der Waals surface area contributed by atoms with E-state index < -0.39 is 6.04 Å². The first-order valence-corrected chi connectivity index (χ1v) is 8.39. The molecule has 1 unspecified atom stereocenters. The number of carbonyl (C=O) groups is 2. The van der Waals surface area contributed by atoms with Gasteiger partial charge in [0, 0.05) is 40.3 Å². The van der Waals surface area contributed by atoms with Crippen LogP contribution < -0.4 is 5.32 Å². The molecule has 1 N–H and O–H groups in total. The lowest BCUT2D eigenvalue weighted by Crippen LogP contribution is -2.46. The topological polar surface area (TPSA) is 66.7 Å². The van der Waals surface area contributed by atoms with Crippen LogP contribution in [0.2, 0.25) is 5.02 Å². The molecule has 0 radical (unpaired) electrons. The highest BCUT2D eigenvalue weighted by atomic mass is 35.5. The molecule has 130 valence electrons. The van der Waals surface area contributed by atoms with E-state index >= 15 is 0 Å². The fourth-order valence-corrected chi connectivity index (χ4v) is 3.33. The second kappa shape index (κ2) is 6.31. The van der Waals surface area contributed by atoms with Gasteiger partial charge in [0.15, 0.2) is 11.9 Å². The van der Waals surface area contributed by atoms with Crippen molar-refractivity contribution in [2.24, 2.45) is 12.1 Å². The van der Waals surface area contributed by atoms with Crippen LogP contribution in [-0.2, 0) is 16.6 Å². The summed E-state index contributed by atoms with van der Waals surface area (Å²) in [6.45, 7) is 0. The van der Waals surface area contributed by atoms with Crippen LogP contribution >= 0.6 is 11.6 Å². The summed E-state index contributed by atoms with van der Waals surface area (Å²) in [7, 11) is 1.90. The molecule has 0 bridgehead atoms. The minimum atomic E-state index is -0.824. The molecule has 2 amide bonds. The van der Waals surface area contributed by atoms with E-state index in [1.54, 1.807) is 24.3 Å². The highest BCUT2D eigenvalue weighted by Crippen LogP contribution is 2.31. The first kappa shape index (κ1) is 16.4. The van der Waals surface area contributed by atoms with E-state index in [9.17, 15) is 9.59 Å². The Kier molecular flexibility index (Phi) is 3.97. The van der Waals surface area contributed by atoms with Crippen LogP contribution in [0.1, 0.15) is 17.2 Å². The third-order valence-electron chi connectivity index (χ3n) is 4.42. The Hall–Kier alpha value is -3.12. The molecule has 1 aliphatic heterocycles. The van der Waals surface area contributed by atoms with Gasteiger partial charge in [-0.3, -0.25) is 9.59 Å². The van der Waals surface area contributed by atoms with E-state index in [1.807, 2.05) is 42.1 Å². The first-order chi connectivity index (χ1) is 12.6. The summed E-state index contributed by atoms with van der Waals surface area (Å²) in [5.41, 5.74) is 2.38. The number of hydrogen-bond acceptors (Lipinski definition) is 3. The Balaban J connectivity index is 1.79. The molecule has 1 aromatic heterocycles. The summed E-state index contributed by atoms with van der Waals surface area (Å²) in [5, 5.41) is 9.77. The molecule has 4 rings (SSSR count). The molecule has 0 fully saturated rings. The van der Waals surface area contributed by atoms with Crippen molar-refractivity contribution in [3.05, 3.63) is 70.9 Å². The largest absolute Gasteiger partial charge is 0.350 e. The number of aryl methyl sites for hydroxylation is 1. The van der Waals surface area contributed by atoms with Gasteiger partial charge in [-0.1, -0.05) is 29.8 Å². The Morgan fingerprint density at radius 2 is 1.88 bits per heavy atom. The molecule has 7 heteroatoms. The number of para-hydroxylation sites is 1. The lowest BCUT2D eigenvalue weighted by Gasteiger charge is -2.28. The van der Waals surface area contributed by atoms with Crippen molar-refractivity contribution >= 4 is 40.7 Å². The molecular weight excluding hydrogens is 352 g/mol. The van der Waals surface area contributed by atoms with Crippen LogP contribution in [0.5, 0.6) is 0 Å². The van der Waals surface area contributed by atoms with Crippen LogP contribution in [0, 0.1) is 0 Å². The second-order valence-corrected chi connectivity index (χ2v) is 6.48. The zero-order valence-electron chi connectivity index (χ0n) is 13.9. The van der Waals surface area contributed by atoms with Crippen molar-refractivity contribution < 1.29 is 9.59 Å². The smallest absolute Gasteiger partial charge is 0.255 e. The van der Waals surface area contributed by atoms with Crippen LogP contribution in [0.3, 0.4) is 0 Å². The zero-order valence-corrected chi connectivity index (χ0v) is 14.6. The van der Waals surface area contributed by atoms with Crippen molar-refractivity contribution in [1.82, 2.24) is 14.9 Å². The number of rotatable bonds is 3. The molecule has 0 saturated heterocycles. The predicted molar refractivity (Wildman–Crippen MR) is 99.7 cm³/mol. The number of hydrogen-bond donors (Lipinski definition) is 1. The summed E-state index contributed by atoms with van der Waals surface area (Å²) in [6, 6.07) is 13.8. The van der Waals surface area contributed by atoms with E-state index in [0.29, 0.717) is 22.8 Å². The molecule has 2 heterocycles. The zero-order chi connectivity index (χ0) is 18.3. The van der Waals surface area contributed by atoms with E-state index in [2.05, 4.69) is 10.4 Å². The lowest BCUT2D eigenvalue weighted by molar-refractivity contribution is -0.133. The number of nitrogens with zero attached hydrogens (tertiary/aromatic N) is 3. The van der Waals surface area contributed by atoms with Gasteiger partial charge in [0.25, 0.3) is 5.91 Å². The van der Waals surface area contributed by atoms with Crippen LogP contribution in [-0.4, -0.2) is 27.7 Å². The summed E-state index contributed by atoms with van der Waals surface area (Å²) < 4.78 is 1.93. The molecule has 26 heavy (non-hydrogen) atoms. The third-order valence-corrected chi connectivity index (χ3v) is 4.67. The lowest BCUT2D eigenvalue weighted by atomic mass is 10.0. The Bertz CT molecular complexity index is 1040. The van der Waals surface area contributed by atoms with E-state index in [4.69, 9.17) is 11.6 Å². The molecular formula is C19H15ClN4O2. The molecule has 6 nitrogen and oxygen atoms in total. The van der Waals surface area contributed by atoms with Gasteiger partial charge in [-0.25, -0.2) is 5.01 Å². The molecule has 0 aliphatic carbocycles. The second-order valence-electron chi connectivity index (χ2n) is 6.05. The minimum Gasteiger partial charge on any atom is -0.350 e. The highest BCUT2D eigenvalue weighted by molar-refractivity contribution is 6.30. The number of hydrazone groups is 1. The van der Waals surface area contributed by atoms with Gasteiger partial charge < -0.3 is 9.88 Å². The Morgan fingerprint density at radius 3 is 2.62 bits per heavy atom. The van der Waals surface area contributed by atoms with Crippen LogP contribution in [0.15, 0.2) is 59.8 Å². The number of amidine groups is 1. The molecule has 1 aliphatic rings. The van der Waals surface area contributed by atoms with E-state index in [1.165, 1.54) is 0 Å². The Morgan fingerprint density at radius 1 is 1.15 bits per heavy atom. The fourth-order valence-electron chi connectivity index (χ4n) is 3.20. The number of aromatic nitrogens is 1. The van der Waals surface area contributed by atoms with Gasteiger partial charge in [0.2, 0.25) is 6.41 Å². The molecule has 0 saturated carbocycles. The summed E-state index contributed by atoms with van der Waals surface area (Å²) >= 11 is 5.90. The maximum Gasteiger partial charge on any atom is 0.255 e. The molecule has 2 aromatic carbocycles. The quantitative estimate of drug-likeness (QED) is 0.724. The Labute approximate surface area is 154 Å². The van der Waals surface area contributed by atoms with Crippen molar-refractivity contribution in [3.63, 3.8) is 0 Å². The molecule has 3 aromatic rings. The van der Waals surface area contributed by atoms with E-state index in [0.717, 1.165) is 21.5 Å². The number of fused-ring (bicyclic) bond motifs is 1. The summed E-state index contributed by atoms with van der Waals surface area (Å²) in [5.74, 6) is 0.00339. The van der Waals surface area contributed by atoms with Crippen molar-refractivity contribution in [3.8, 4) is 0 Å². The maximum absolute atomic E-state index is 12.8. The van der Waals surface area contributed by atoms with Gasteiger partial charge in [0.05, 0.1) is 0 Å². The van der Waals surface area contributed by atoms with Crippen LogP contribution in [0.25, 0.3) is 10.9 Å².